The molecule has 1 aliphatic rings. The van der Waals surface area contributed by atoms with Gasteiger partial charge in [-0.05, 0) is 17.7 Å². The van der Waals surface area contributed by atoms with E-state index in [1.807, 2.05) is 18.2 Å². The van der Waals surface area contributed by atoms with Crippen molar-refractivity contribution < 1.29 is 19.5 Å². The molecule has 0 spiro atoms. The Hall–Kier alpha value is -1.67. The number of amides is 2. The minimum atomic E-state index is -0.844. The first-order valence-corrected chi connectivity index (χ1v) is 9.88. The average Bonchev–Trinajstić information content (AvgIpc) is 3.04. The molecule has 1 atom stereocenters. The van der Waals surface area contributed by atoms with Crippen LogP contribution in [0.3, 0.4) is 0 Å². The summed E-state index contributed by atoms with van der Waals surface area (Å²) in [6, 6.07) is 6.90. The van der Waals surface area contributed by atoms with Gasteiger partial charge in [-0.25, -0.2) is 0 Å². The van der Waals surface area contributed by atoms with Crippen LogP contribution >= 0.6 is 23.5 Å². The van der Waals surface area contributed by atoms with Crippen molar-refractivity contribution in [2.75, 3.05) is 22.7 Å². The molecule has 1 aliphatic heterocycles. The van der Waals surface area contributed by atoms with Gasteiger partial charge in [-0.2, -0.15) is 0 Å². The van der Waals surface area contributed by atoms with Crippen LogP contribution in [0.15, 0.2) is 24.3 Å². The van der Waals surface area contributed by atoms with E-state index in [0.717, 1.165) is 5.56 Å². The SMILES string of the molecule is CCC(=O)N1CSCC1C(=O)Nc1cccc(CSCC(=O)O)c1. The first-order valence-electron chi connectivity index (χ1n) is 7.57. The van der Waals surface area contributed by atoms with Crippen molar-refractivity contribution in [2.45, 2.75) is 25.1 Å². The largest absolute Gasteiger partial charge is 0.481 e. The second kappa shape index (κ2) is 8.98. The van der Waals surface area contributed by atoms with Gasteiger partial charge in [0.05, 0.1) is 11.6 Å². The van der Waals surface area contributed by atoms with Crippen LogP contribution in [0.1, 0.15) is 18.9 Å². The Bertz CT molecular complexity index is 624. The predicted molar refractivity (Wildman–Crippen MR) is 97.1 cm³/mol. The van der Waals surface area contributed by atoms with E-state index in [9.17, 15) is 14.4 Å². The fourth-order valence-electron chi connectivity index (χ4n) is 2.33. The molecule has 0 aliphatic carbocycles. The van der Waals surface area contributed by atoms with Crippen molar-refractivity contribution in [3.8, 4) is 0 Å². The number of nitrogens with zero attached hydrogens (tertiary/aromatic N) is 1. The standard InChI is InChI=1S/C16H20N2O4S2/c1-2-14(19)18-10-24-8-13(18)16(22)17-12-5-3-4-11(6-12)7-23-9-15(20)21/h3-6,13H,2,7-10H2,1H3,(H,17,22)(H,20,21). The lowest BCUT2D eigenvalue weighted by Crippen LogP contribution is -2.44. The fourth-order valence-corrected chi connectivity index (χ4v) is 4.20. The molecule has 1 saturated heterocycles. The van der Waals surface area contributed by atoms with Crippen molar-refractivity contribution in [3.05, 3.63) is 29.8 Å². The molecule has 1 aromatic carbocycles. The van der Waals surface area contributed by atoms with Gasteiger partial charge in [-0.1, -0.05) is 19.1 Å². The van der Waals surface area contributed by atoms with Gasteiger partial charge in [0.1, 0.15) is 6.04 Å². The number of rotatable bonds is 7. The summed E-state index contributed by atoms with van der Waals surface area (Å²) in [5.74, 6) is 0.724. The topological polar surface area (TPSA) is 86.7 Å². The Morgan fingerprint density at radius 1 is 1.42 bits per heavy atom. The number of carbonyl (C=O) groups is 3. The van der Waals surface area contributed by atoms with Crippen LogP contribution in [-0.4, -0.2) is 51.2 Å². The lowest BCUT2D eigenvalue weighted by Gasteiger charge is -2.22. The van der Waals surface area contributed by atoms with Crippen LogP contribution in [0.4, 0.5) is 5.69 Å². The van der Waals surface area contributed by atoms with E-state index >= 15 is 0 Å². The highest BCUT2D eigenvalue weighted by atomic mass is 32.2. The summed E-state index contributed by atoms with van der Waals surface area (Å²) in [5.41, 5.74) is 1.61. The van der Waals surface area contributed by atoms with Crippen molar-refractivity contribution in [1.82, 2.24) is 4.90 Å². The Morgan fingerprint density at radius 3 is 2.92 bits per heavy atom. The molecule has 8 heteroatoms. The summed E-state index contributed by atoms with van der Waals surface area (Å²) in [4.78, 5) is 36.5. The van der Waals surface area contributed by atoms with Crippen LogP contribution in [0.5, 0.6) is 0 Å². The summed E-state index contributed by atoms with van der Waals surface area (Å²) in [7, 11) is 0. The van der Waals surface area contributed by atoms with Crippen molar-refractivity contribution in [1.29, 1.82) is 0 Å². The maximum atomic E-state index is 12.5. The van der Waals surface area contributed by atoms with E-state index in [4.69, 9.17) is 5.11 Å². The molecule has 6 nitrogen and oxygen atoms in total. The average molecular weight is 368 g/mol. The van der Waals surface area contributed by atoms with E-state index in [1.54, 1.807) is 29.7 Å². The molecule has 0 aromatic heterocycles. The number of hydrogen-bond acceptors (Lipinski definition) is 5. The zero-order chi connectivity index (χ0) is 17.5. The van der Waals surface area contributed by atoms with Gasteiger partial charge < -0.3 is 15.3 Å². The number of carboxylic acid groups (broad SMARTS) is 1. The maximum Gasteiger partial charge on any atom is 0.313 e. The van der Waals surface area contributed by atoms with Crippen LogP contribution in [-0.2, 0) is 20.1 Å². The quantitative estimate of drug-likeness (QED) is 0.768. The third-order valence-corrected chi connectivity index (χ3v) is 5.50. The molecular weight excluding hydrogens is 348 g/mol. The molecule has 1 fully saturated rings. The van der Waals surface area contributed by atoms with E-state index in [1.165, 1.54) is 11.8 Å². The first-order chi connectivity index (χ1) is 11.5. The molecule has 2 N–H and O–H groups in total. The van der Waals surface area contributed by atoms with Gasteiger partial charge in [0.2, 0.25) is 11.8 Å². The molecule has 0 saturated carbocycles. The van der Waals surface area contributed by atoms with E-state index in [2.05, 4.69) is 5.32 Å². The van der Waals surface area contributed by atoms with Crippen LogP contribution in [0, 0.1) is 0 Å². The van der Waals surface area contributed by atoms with Gasteiger partial charge >= 0.3 is 5.97 Å². The zero-order valence-electron chi connectivity index (χ0n) is 13.4. The number of carbonyl (C=O) groups excluding carboxylic acids is 2. The Labute approximate surface area is 149 Å². The molecule has 0 radical (unpaired) electrons. The van der Waals surface area contributed by atoms with E-state index in [-0.39, 0.29) is 17.6 Å². The lowest BCUT2D eigenvalue weighted by atomic mass is 10.2. The monoisotopic (exact) mass is 368 g/mol. The molecule has 1 aromatic rings. The molecular formula is C16H20N2O4S2. The fraction of sp³-hybridized carbons (Fsp3) is 0.438. The van der Waals surface area contributed by atoms with Crippen LogP contribution < -0.4 is 5.32 Å². The number of aliphatic carboxylic acids is 1. The Balaban J connectivity index is 1.96. The highest BCUT2D eigenvalue weighted by molar-refractivity contribution is 7.99. The number of benzene rings is 1. The number of nitrogens with one attached hydrogen (secondary N) is 1. The first kappa shape index (κ1) is 18.7. The third kappa shape index (κ3) is 5.17. The van der Waals surface area contributed by atoms with Crippen LogP contribution in [0.2, 0.25) is 0 Å². The highest BCUT2D eigenvalue weighted by Crippen LogP contribution is 2.23. The minimum Gasteiger partial charge on any atom is -0.481 e. The molecule has 1 heterocycles. The molecule has 24 heavy (non-hydrogen) atoms. The minimum absolute atomic E-state index is 0.0148. The van der Waals surface area contributed by atoms with Crippen molar-refractivity contribution in [3.63, 3.8) is 0 Å². The van der Waals surface area contributed by atoms with Crippen molar-refractivity contribution in [2.24, 2.45) is 0 Å². The smallest absolute Gasteiger partial charge is 0.313 e. The number of hydrogen-bond donors (Lipinski definition) is 2. The van der Waals surface area contributed by atoms with E-state index in [0.29, 0.717) is 29.5 Å². The van der Waals surface area contributed by atoms with Crippen molar-refractivity contribution >= 4 is 47.0 Å². The molecule has 2 amide bonds. The second-order valence-electron chi connectivity index (χ2n) is 5.31. The summed E-state index contributed by atoms with van der Waals surface area (Å²) in [6.07, 6.45) is 0.390. The number of anilines is 1. The molecule has 130 valence electrons. The summed E-state index contributed by atoms with van der Waals surface area (Å²) >= 11 is 2.88. The molecule has 2 rings (SSSR count). The number of carboxylic acids is 1. The van der Waals surface area contributed by atoms with Gasteiger partial charge in [0.25, 0.3) is 0 Å². The Morgan fingerprint density at radius 2 is 2.21 bits per heavy atom. The van der Waals surface area contributed by atoms with Gasteiger partial charge in [-0.3, -0.25) is 14.4 Å². The van der Waals surface area contributed by atoms with Gasteiger partial charge in [0.15, 0.2) is 0 Å². The van der Waals surface area contributed by atoms with Gasteiger partial charge in [-0.15, -0.1) is 23.5 Å². The van der Waals surface area contributed by atoms with Crippen LogP contribution in [0.25, 0.3) is 0 Å². The predicted octanol–water partition coefficient (Wildman–Crippen LogP) is 2.25. The number of thioether (sulfide) groups is 2. The molecule has 0 bridgehead atoms. The molecule has 1 unspecified atom stereocenters. The summed E-state index contributed by atoms with van der Waals surface area (Å²) in [6.45, 7) is 1.79. The third-order valence-electron chi connectivity index (χ3n) is 3.50. The normalized spacial score (nSPS) is 16.9. The zero-order valence-corrected chi connectivity index (χ0v) is 15.0. The highest BCUT2D eigenvalue weighted by Gasteiger charge is 2.33. The van der Waals surface area contributed by atoms with Gasteiger partial charge in [0, 0.05) is 23.6 Å². The summed E-state index contributed by atoms with van der Waals surface area (Å²) in [5, 5.41) is 11.5. The second-order valence-corrected chi connectivity index (χ2v) is 7.29. The maximum absolute atomic E-state index is 12.5. The lowest BCUT2D eigenvalue weighted by molar-refractivity contribution is -0.136. The summed E-state index contributed by atoms with van der Waals surface area (Å²) < 4.78 is 0. The Kier molecular flexibility index (Phi) is 6.99. The van der Waals surface area contributed by atoms with E-state index < -0.39 is 12.0 Å².